The molecule has 0 amide bonds. The second kappa shape index (κ2) is 9.20. The number of nitrogens with one attached hydrogen (secondary N) is 1. The van der Waals surface area contributed by atoms with Gasteiger partial charge in [0, 0.05) is 5.92 Å². The number of fused-ring (bicyclic) bond motifs is 3. The van der Waals surface area contributed by atoms with Crippen LogP contribution in [0.1, 0.15) is 62.3 Å². The fourth-order valence-corrected chi connectivity index (χ4v) is 5.38. The Bertz CT molecular complexity index is 1470. The second-order valence-corrected chi connectivity index (χ2v) is 11.5. The number of hydrogen-bond acceptors (Lipinski definition) is 7. The van der Waals surface area contributed by atoms with E-state index >= 15 is 0 Å². The van der Waals surface area contributed by atoms with Crippen LogP contribution in [0.3, 0.4) is 0 Å². The number of imidazole rings is 1. The molecule has 1 atom stereocenters. The first-order chi connectivity index (χ1) is 17.2. The zero-order chi connectivity index (χ0) is 25.6. The molecule has 1 aromatic carbocycles. The van der Waals surface area contributed by atoms with Gasteiger partial charge in [-0.3, -0.25) is 9.36 Å². The number of aryl methyl sites for hydroxylation is 1. The third-order valence-corrected chi connectivity index (χ3v) is 7.53. The van der Waals surface area contributed by atoms with Crippen LogP contribution in [0.25, 0.3) is 27.8 Å². The van der Waals surface area contributed by atoms with E-state index in [0.29, 0.717) is 23.4 Å². The molecule has 3 aromatic heterocycles. The van der Waals surface area contributed by atoms with Gasteiger partial charge < -0.3 is 9.15 Å². The monoisotopic (exact) mass is 506 g/mol. The van der Waals surface area contributed by atoms with Crippen molar-refractivity contribution in [3.63, 3.8) is 0 Å². The minimum absolute atomic E-state index is 0.0845. The Morgan fingerprint density at radius 2 is 2.11 bits per heavy atom. The summed E-state index contributed by atoms with van der Waals surface area (Å²) < 4.78 is 12.9. The molecule has 36 heavy (non-hydrogen) atoms. The Labute approximate surface area is 213 Å². The quantitative estimate of drug-likeness (QED) is 0.323. The van der Waals surface area contributed by atoms with Crippen molar-refractivity contribution in [3.8, 4) is 33.6 Å². The highest BCUT2D eigenvalue weighted by Crippen LogP contribution is 2.40. The summed E-state index contributed by atoms with van der Waals surface area (Å²) in [5.74, 6) is 0.790. The maximum Gasteiger partial charge on any atom is 0.434 e. The first-order valence-electron chi connectivity index (χ1n) is 12.1. The minimum atomic E-state index is -0.635. The van der Waals surface area contributed by atoms with E-state index in [4.69, 9.17) is 14.1 Å². The van der Waals surface area contributed by atoms with E-state index in [9.17, 15) is 9.59 Å². The van der Waals surface area contributed by atoms with Crippen molar-refractivity contribution in [3.05, 3.63) is 57.1 Å². The van der Waals surface area contributed by atoms with Gasteiger partial charge in [-0.15, -0.1) is 16.4 Å². The Hall–Kier alpha value is -3.46. The molecule has 0 fully saturated rings. The molecule has 1 N–H and O–H groups in total. The van der Waals surface area contributed by atoms with Crippen LogP contribution in [0.4, 0.5) is 0 Å². The maximum atomic E-state index is 13.7. The van der Waals surface area contributed by atoms with E-state index in [-0.39, 0.29) is 23.0 Å². The van der Waals surface area contributed by atoms with Gasteiger partial charge in [0.25, 0.3) is 5.89 Å². The van der Waals surface area contributed by atoms with Crippen LogP contribution in [-0.4, -0.2) is 32.6 Å². The van der Waals surface area contributed by atoms with Crippen LogP contribution < -0.4 is 10.5 Å². The summed E-state index contributed by atoms with van der Waals surface area (Å²) in [7, 11) is 1.58. The standard InChI is InChI=1S/C27H30N4O4S/c1-15(10-11-27(2,3)4)23(32)22-18-9-8-16-13-20(34-5)17(25-29-30-26(33)35-25)14-19(16)31(18)24(28-22)21-7-6-12-36-21/h6-7,12-15H,8-11H2,1-5H3,(H,30,33). The maximum absolute atomic E-state index is 13.7. The summed E-state index contributed by atoms with van der Waals surface area (Å²) in [6.07, 6.45) is 3.22. The third kappa shape index (κ3) is 4.43. The molecule has 188 valence electrons. The van der Waals surface area contributed by atoms with E-state index in [1.54, 1.807) is 18.4 Å². The number of H-pyrrole nitrogens is 1. The van der Waals surface area contributed by atoms with Crippen LogP contribution in [0.15, 0.2) is 38.9 Å². The van der Waals surface area contributed by atoms with Gasteiger partial charge >= 0.3 is 5.76 Å². The van der Waals surface area contributed by atoms with Gasteiger partial charge in [-0.25, -0.2) is 14.9 Å². The number of thiophene rings is 1. The number of benzene rings is 1. The summed E-state index contributed by atoms with van der Waals surface area (Å²) in [6.45, 7) is 8.59. The Balaban J connectivity index is 1.66. The first-order valence-corrected chi connectivity index (χ1v) is 13.0. The summed E-state index contributed by atoms with van der Waals surface area (Å²) in [6, 6.07) is 7.86. The normalized spacial score (nSPS) is 13.8. The molecule has 1 unspecified atom stereocenters. The number of nitrogens with zero attached hydrogens (tertiary/aromatic N) is 3. The lowest BCUT2D eigenvalue weighted by molar-refractivity contribution is 0.0910. The molecular weight excluding hydrogens is 476 g/mol. The number of Topliss-reactive ketones (excluding diaryl/α,β-unsaturated/α-hetero) is 1. The van der Waals surface area contributed by atoms with Crippen LogP contribution in [0.2, 0.25) is 0 Å². The molecular formula is C27H30N4O4S. The average molecular weight is 507 g/mol. The number of aromatic amines is 1. The van der Waals surface area contributed by atoms with Gasteiger partial charge in [-0.2, -0.15) is 0 Å². The minimum Gasteiger partial charge on any atom is -0.496 e. The van der Waals surface area contributed by atoms with E-state index in [2.05, 4.69) is 35.5 Å². The van der Waals surface area contributed by atoms with Crippen molar-refractivity contribution in [1.82, 2.24) is 19.7 Å². The van der Waals surface area contributed by atoms with E-state index in [1.807, 2.05) is 36.6 Å². The number of ether oxygens (including phenoxy) is 1. The van der Waals surface area contributed by atoms with E-state index in [0.717, 1.165) is 46.9 Å². The van der Waals surface area contributed by atoms with E-state index < -0.39 is 5.76 Å². The molecule has 4 heterocycles. The van der Waals surface area contributed by atoms with Gasteiger partial charge in [0.15, 0.2) is 11.6 Å². The van der Waals surface area contributed by atoms with Crippen LogP contribution >= 0.6 is 11.3 Å². The molecule has 1 aliphatic rings. The van der Waals surface area contributed by atoms with Gasteiger partial charge in [-0.05, 0) is 60.2 Å². The molecule has 0 bridgehead atoms. The fraction of sp³-hybridized carbons (Fsp3) is 0.407. The number of carbonyl (C=O) groups excluding carboxylic acids is 1. The molecule has 8 nitrogen and oxygen atoms in total. The Morgan fingerprint density at radius 3 is 2.75 bits per heavy atom. The lowest BCUT2D eigenvalue weighted by atomic mass is 9.85. The molecule has 5 rings (SSSR count). The zero-order valence-corrected chi connectivity index (χ0v) is 22.0. The molecule has 0 spiro atoms. The van der Waals surface area contributed by atoms with Crippen LogP contribution in [-0.2, 0) is 12.8 Å². The number of rotatable bonds is 7. The van der Waals surface area contributed by atoms with Gasteiger partial charge in [-0.1, -0.05) is 33.8 Å². The summed E-state index contributed by atoms with van der Waals surface area (Å²) in [4.78, 5) is 31.2. The number of ketones is 1. The van der Waals surface area contributed by atoms with Gasteiger partial charge in [0.2, 0.25) is 0 Å². The predicted molar refractivity (Wildman–Crippen MR) is 139 cm³/mol. The van der Waals surface area contributed by atoms with Crippen LogP contribution in [0, 0.1) is 11.3 Å². The van der Waals surface area contributed by atoms with Crippen molar-refractivity contribution in [1.29, 1.82) is 0 Å². The summed E-state index contributed by atoms with van der Waals surface area (Å²) in [5.41, 5.74) is 4.14. The Kier molecular flexibility index (Phi) is 6.20. The van der Waals surface area contributed by atoms with E-state index in [1.165, 1.54) is 0 Å². The molecule has 1 aliphatic heterocycles. The van der Waals surface area contributed by atoms with Crippen LogP contribution in [0.5, 0.6) is 5.75 Å². The third-order valence-electron chi connectivity index (χ3n) is 6.66. The topological polar surface area (TPSA) is 103 Å². The number of hydrogen-bond donors (Lipinski definition) is 1. The molecule has 9 heteroatoms. The number of methoxy groups -OCH3 is 1. The first kappa shape index (κ1) is 24.2. The SMILES string of the molecule is COc1cc2c(cc1-c1n[nH]c(=O)o1)-n1c(-c3cccs3)nc(C(=O)C(C)CCC(C)(C)C)c1CC2. The predicted octanol–water partition coefficient (Wildman–Crippen LogP) is 5.70. The summed E-state index contributed by atoms with van der Waals surface area (Å²) >= 11 is 1.59. The van der Waals surface area contributed by atoms with Crippen molar-refractivity contribution < 1.29 is 13.9 Å². The highest BCUT2D eigenvalue weighted by atomic mass is 32.1. The number of carbonyl (C=O) groups is 1. The zero-order valence-electron chi connectivity index (χ0n) is 21.2. The van der Waals surface area contributed by atoms with Crippen molar-refractivity contribution in [2.45, 2.75) is 53.4 Å². The largest absolute Gasteiger partial charge is 0.496 e. The van der Waals surface area contributed by atoms with Gasteiger partial charge in [0.1, 0.15) is 11.4 Å². The number of aromatic nitrogens is 4. The molecule has 4 aromatic rings. The highest BCUT2D eigenvalue weighted by molar-refractivity contribution is 7.13. The molecule has 0 radical (unpaired) electrons. The average Bonchev–Trinajstić information content (AvgIpc) is 3.60. The summed E-state index contributed by atoms with van der Waals surface area (Å²) in [5, 5.41) is 8.33. The highest BCUT2D eigenvalue weighted by Gasteiger charge is 2.32. The lowest BCUT2D eigenvalue weighted by Gasteiger charge is -2.23. The lowest BCUT2D eigenvalue weighted by Crippen LogP contribution is -2.19. The second-order valence-electron chi connectivity index (χ2n) is 10.5. The molecule has 0 saturated heterocycles. The van der Waals surface area contributed by atoms with Crippen molar-refractivity contribution >= 4 is 17.1 Å². The Morgan fingerprint density at radius 1 is 1.31 bits per heavy atom. The van der Waals surface area contributed by atoms with Crippen molar-refractivity contribution in [2.75, 3.05) is 7.11 Å². The molecule has 0 saturated carbocycles. The van der Waals surface area contributed by atoms with Gasteiger partial charge in [0.05, 0.1) is 28.9 Å². The van der Waals surface area contributed by atoms with Crippen molar-refractivity contribution in [2.24, 2.45) is 11.3 Å². The molecule has 0 aliphatic carbocycles. The fourth-order valence-electron chi connectivity index (χ4n) is 4.68. The smallest absolute Gasteiger partial charge is 0.434 e.